The Hall–Kier alpha value is -1.82. The fourth-order valence-electron chi connectivity index (χ4n) is 3.24. The second-order valence-corrected chi connectivity index (χ2v) is 5.82. The van der Waals surface area contributed by atoms with E-state index in [2.05, 4.69) is 4.98 Å². The highest BCUT2D eigenvalue weighted by Gasteiger charge is 2.35. The first-order valence-corrected chi connectivity index (χ1v) is 7.28. The van der Waals surface area contributed by atoms with Gasteiger partial charge in [-0.3, -0.25) is 4.79 Å². The van der Waals surface area contributed by atoms with Crippen LogP contribution in [0.15, 0.2) is 29.2 Å². The predicted molar refractivity (Wildman–Crippen MR) is 76.5 cm³/mol. The summed E-state index contributed by atoms with van der Waals surface area (Å²) in [6.45, 7) is 0. The summed E-state index contributed by atoms with van der Waals surface area (Å²) in [5, 5.41) is 10.3. The number of halogens is 3. The molecule has 2 aromatic rings. The lowest BCUT2D eigenvalue weighted by Crippen LogP contribution is -2.15. The first-order chi connectivity index (χ1) is 10.4. The van der Waals surface area contributed by atoms with Gasteiger partial charge < -0.3 is 10.1 Å². The van der Waals surface area contributed by atoms with Crippen LogP contribution in [0.25, 0.3) is 10.9 Å². The van der Waals surface area contributed by atoms with Gasteiger partial charge in [-0.25, -0.2) is 0 Å². The standard InChI is InChI=1S/C16H16F3NO2/c17-16(18,19)12-8-10(15(22)9-3-1-2-4-9)7-11-13(21)5-6-20-14(11)12/h5-9,15,22H,1-4H2,(H,20,21). The zero-order valence-electron chi connectivity index (χ0n) is 11.8. The van der Waals surface area contributed by atoms with E-state index in [4.69, 9.17) is 0 Å². The molecule has 0 aliphatic heterocycles. The maximum absolute atomic E-state index is 13.3. The third-order valence-corrected chi connectivity index (χ3v) is 4.38. The van der Waals surface area contributed by atoms with Gasteiger partial charge in [0.2, 0.25) is 0 Å². The van der Waals surface area contributed by atoms with E-state index < -0.39 is 23.3 Å². The third kappa shape index (κ3) is 2.63. The molecule has 1 aliphatic carbocycles. The van der Waals surface area contributed by atoms with Crippen LogP contribution in [0.5, 0.6) is 0 Å². The van der Waals surface area contributed by atoms with Crippen LogP contribution in [0.3, 0.4) is 0 Å². The minimum atomic E-state index is -4.59. The van der Waals surface area contributed by atoms with Crippen LogP contribution < -0.4 is 5.43 Å². The van der Waals surface area contributed by atoms with Crippen LogP contribution in [0.2, 0.25) is 0 Å². The number of aromatic nitrogens is 1. The summed E-state index contributed by atoms with van der Waals surface area (Å²) in [6.07, 6.45) is -0.810. The van der Waals surface area contributed by atoms with Crippen molar-refractivity contribution < 1.29 is 18.3 Å². The number of hydrogen-bond donors (Lipinski definition) is 2. The van der Waals surface area contributed by atoms with Crippen LogP contribution in [0.4, 0.5) is 13.2 Å². The SMILES string of the molecule is O=c1cc[nH]c2c(C(F)(F)F)cc(C(O)C3CCCC3)cc12. The van der Waals surface area contributed by atoms with E-state index in [1.54, 1.807) is 0 Å². The maximum atomic E-state index is 13.3. The molecule has 1 saturated carbocycles. The zero-order valence-corrected chi connectivity index (χ0v) is 11.8. The Morgan fingerprint density at radius 1 is 1.23 bits per heavy atom. The van der Waals surface area contributed by atoms with Crippen LogP contribution in [0.1, 0.15) is 42.9 Å². The lowest BCUT2D eigenvalue weighted by molar-refractivity contribution is -0.136. The molecule has 0 radical (unpaired) electrons. The van der Waals surface area contributed by atoms with Crippen molar-refractivity contribution in [1.82, 2.24) is 4.98 Å². The van der Waals surface area contributed by atoms with Crippen LogP contribution in [0, 0.1) is 5.92 Å². The van der Waals surface area contributed by atoms with E-state index in [0.717, 1.165) is 31.7 Å². The van der Waals surface area contributed by atoms with Gasteiger partial charge in [0.05, 0.1) is 17.2 Å². The lowest BCUT2D eigenvalue weighted by Gasteiger charge is -2.20. The molecule has 3 nitrogen and oxygen atoms in total. The molecule has 1 fully saturated rings. The number of rotatable bonds is 2. The van der Waals surface area contributed by atoms with Crippen molar-refractivity contribution in [3.8, 4) is 0 Å². The van der Waals surface area contributed by atoms with Crippen LogP contribution in [-0.4, -0.2) is 10.1 Å². The van der Waals surface area contributed by atoms with Gasteiger partial charge in [0, 0.05) is 17.6 Å². The molecule has 1 atom stereocenters. The number of nitrogens with one attached hydrogen (secondary N) is 1. The minimum Gasteiger partial charge on any atom is -0.388 e. The average molecular weight is 311 g/mol. The van der Waals surface area contributed by atoms with E-state index in [1.165, 1.54) is 18.3 Å². The number of fused-ring (bicyclic) bond motifs is 1. The van der Waals surface area contributed by atoms with Crippen molar-refractivity contribution >= 4 is 10.9 Å². The molecular formula is C16H16F3NO2. The monoisotopic (exact) mass is 311 g/mol. The smallest absolute Gasteiger partial charge is 0.388 e. The number of H-pyrrole nitrogens is 1. The molecular weight excluding hydrogens is 295 g/mol. The topological polar surface area (TPSA) is 53.1 Å². The van der Waals surface area contributed by atoms with E-state index in [1.807, 2.05) is 0 Å². The van der Waals surface area contributed by atoms with Gasteiger partial charge in [-0.15, -0.1) is 0 Å². The Labute approximate surface area is 124 Å². The Balaban J connectivity index is 2.19. The van der Waals surface area contributed by atoms with Crippen molar-refractivity contribution in [2.45, 2.75) is 38.0 Å². The highest BCUT2D eigenvalue weighted by atomic mass is 19.4. The summed E-state index contributed by atoms with van der Waals surface area (Å²) in [6, 6.07) is 3.53. The average Bonchev–Trinajstić information content (AvgIpc) is 2.99. The number of benzene rings is 1. The van der Waals surface area contributed by atoms with Crippen LogP contribution >= 0.6 is 0 Å². The molecule has 1 heterocycles. The molecule has 118 valence electrons. The predicted octanol–water partition coefficient (Wildman–Crippen LogP) is 3.77. The van der Waals surface area contributed by atoms with Crippen LogP contribution in [-0.2, 0) is 6.18 Å². The van der Waals surface area contributed by atoms with Crippen molar-refractivity contribution in [2.24, 2.45) is 5.92 Å². The summed E-state index contributed by atoms with van der Waals surface area (Å²) >= 11 is 0. The molecule has 1 aliphatic rings. The van der Waals surface area contributed by atoms with E-state index in [-0.39, 0.29) is 22.4 Å². The summed E-state index contributed by atoms with van der Waals surface area (Å²) in [5.74, 6) is -0.0404. The largest absolute Gasteiger partial charge is 0.418 e. The summed E-state index contributed by atoms with van der Waals surface area (Å²) in [5.41, 5.74) is -1.46. The summed E-state index contributed by atoms with van der Waals surface area (Å²) < 4.78 is 39.8. The van der Waals surface area contributed by atoms with Gasteiger partial charge in [-0.05, 0) is 36.5 Å². The van der Waals surface area contributed by atoms with Crippen molar-refractivity contribution in [2.75, 3.05) is 0 Å². The zero-order chi connectivity index (χ0) is 15.9. The van der Waals surface area contributed by atoms with Gasteiger partial charge in [0.15, 0.2) is 5.43 Å². The number of aliphatic hydroxyl groups is 1. The van der Waals surface area contributed by atoms with E-state index in [0.29, 0.717) is 0 Å². The highest BCUT2D eigenvalue weighted by Crippen LogP contribution is 2.39. The number of alkyl halides is 3. The van der Waals surface area contributed by atoms with Gasteiger partial charge in [-0.1, -0.05) is 12.8 Å². The fraction of sp³-hybridized carbons (Fsp3) is 0.438. The second kappa shape index (κ2) is 5.43. The molecule has 6 heteroatoms. The number of aromatic amines is 1. The van der Waals surface area contributed by atoms with Gasteiger partial charge in [0.25, 0.3) is 0 Å². The summed E-state index contributed by atoms with van der Waals surface area (Å²) in [4.78, 5) is 14.4. The quantitative estimate of drug-likeness (QED) is 0.887. The minimum absolute atomic E-state index is 0.0376. The fourth-order valence-corrected chi connectivity index (χ4v) is 3.24. The first kappa shape index (κ1) is 15.1. The molecule has 3 rings (SSSR count). The molecule has 1 aromatic heterocycles. The highest BCUT2D eigenvalue weighted by molar-refractivity contribution is 5.83. The molecule has 0 bridgehead atoms. The van der Waals surface area contributed by atoms with E-state index in [9.17, 15) is 23.1 Å². The maximum Gasteiger partial charge on any atom is 0.418 e. The molecule has 0 amide bonds. The normalized spacial score (nSPS) is 18.0. The van der Waals surface area contributed by atoms with E-state index >= 15 is 0 Å². The molecule has 0 saturated heterocycles. The second-order valence-electron chi connectivity index (χ2n) is 5.82. The Morgan fingerprint density at radius 2 is 1.91 bits per heavy atom. The Morgan fingerprint density at radius 3 is 2.55 bits per heavy atom. The molecule has 0 spiro atoms. The van der Waals surface area contributed by atoms with Crippen molar-refractivity contribution in [3.05, 3.63) is 45.7 Å². The lowest BCUT2D eigenvalue weighted by atomic mass is 9.92. The van der Waals surface area contributed by atoms with Crippen molar-refractivity contribution in [3.63, 3.8) is 0 Å². The van der Waals surface area contributed by atoms with Gasteiger partial charge in [0.1, 0.15) is 0 Å². The first-order valence-electron chi connectivity index (χ1n) is 7.28. The Bertz CT molecular complexity index is 745. The molecule has 1 aromatic carbocycles. The molecule has 1 unspecified atom stereocenters. The number of aliphatic hydroxyl groups excluding tert-OH is 1. The van der Waals surface area contributed by atoms with Crippen molar-refractivity contribution in [1.29, 1.82) is 0 Å². The van der Waals surface area contributed by atoms with Gasteiger partial charge in [-0.2, -0.15) is 13.2 Å². The van der Waals surface area contributed by atoms with Gasteiger partial charge >= 0.3 is 6.18 Å². The third-order valence-electron chi connectivity index (χ3n) is 4.38. The number of pyridine rings is 1. The number of hydrogen-bond acceptors (Lipinski definition) is 2. The Kier molecular flexibility index (Phi) is 3.72. The molecule has 2 N–H and O–H groups in total. The summed E-state index contributed by atoms with van der Waals surface area (Å²) in [7, 11) is 0. The molecule has 22 heavy (non-hydrogen) atoms.